The fourth-order valence-electron chi connectivity index (χ4n) is 3.28. The van der Waals surface area contributed by atoms with Gasteiger partial charge in [0.05, 0.1) is 6.42 Å². The van der Waals surface area contributed by atoms with Crippen LogP contribution in [-0.2, 0) is 19.7 Å². The molecule has 1 aliphatic heterocycles. The van der Waals surface area contributed by atoms with Crippen molar-refractivity contribution in [1.29, 1.82) is 0 Å². The molecule has 1 atom stereocenters. The zero-order valence-electron chi connectivity index (χ0n) is 13.4. The van der Waals surface area contributed by atoms with Crippen molar-refractivity contribution in [2.75, 3.05) is 0 Å². The molecule has 0 unspecified atom stereocenters. The monoisotopic (exact) mass is 298 g/mol. The molecular formula is C19H22O3. The molecular weight excluding hydrogens is 276 g/mol. The van der Waals surface area contributed by atoms with Crippen molar-refractivity contribution in [2.45, 2.75) is 57.8 Å². The van der Waals surface area contributed by atoms with Crippen LogP contribution in [0.1, 0.15) is 63.5 Å². The van der Waals surface area contributed by atoms with E-state index in [1.165, 1.54) is 5.56 Å². The number of Topliss-reactive ketones (excluding diaryl/α,β-unsaturated/α-hetero) is 1. The maximum absolute atomic E-state index is 12.0. The lowest BCUT2D eigenvalue weighted by atomic mass is 9.79. The minimum Gasteiger partial charge on any atom is -0.423 e. The van der Waals surface area contributed by atoms with Crippen molar-refractivity contribution >= 4 is 11.8 Å². The number of ketones is 1. The number of hydrogen-bond donors (Lipinski definition) is 0. The van der Waals surface area contributed by atoms with Crippen LogP contribution in [-0.4, -0.2) is 11.8 Å². The van der Waals surface area contributed by atoms with Crippen molar-refractivity contribution in [3.05, 3.63) is 46.7 Å². The molecule has 0 spiro atoms. The van der Waals surface area contributed by atoms with Crippen molar-refractivity contribution in [1.82, 2.24) is 0 Å². The number of carbonyl (C=O) groups excluding carboxylic acids is 2. The Balaban J connectivity index is 1.98. The molecule has 0 bridgehead atoms. The van der Waals surface area contributed by atoms with E-state index in [0.29, 0.717) is 18.6 Å². The van der Waals surface area contributed by atoms with Gasteiger partial charge in [0.2, 0.25) is 0 Å². The number of esters is 1. The van der Waals surface area contributed by atoms with Crippen molar-refractivity contribution in [3.8, 4) is 0 Å². The Labute approximate surface area is 131 Å². The second kappa shape index (κ2) is 5.38. The lowest BCUT2D eigenvalue weighted by Crippen LogP contribution is -2.27. The predicted molar refractivity (Wildman–Crippen MR) is 84.5 cm³/mol. The Morgan fingerprint density at radius 2 is 1.73 bits per heavy atom. The largest absolute Gasteiger partial charge is 0.423 e. The lowest BCUT2D eigenvalue weighted by molar-refractivity contribution is -0.144. The molecule has 3 heteroatoms. The van der Waals surface area contributed by atoms with Gasteiger partial charge in [0, 0.05) is 12.3 Å². The number of hydrogen-bond acceptors (Lipinski definition) is 3. The molecule has 3 rings (SSSR count). The van der Waals surface area contributed by atoms with E-state index in [1.54, 1.807) is 0 Å². The van der Waals surface area contributed by atoms with Crippen LogP contribution in [0.25, 0.3) is 0 Å². The fourth-order valence-corrected chi connectivity index (χ4v) is 3.28. The number of carbonyl (C=O) groups is 2. The predicted octanol–water partition coefficient (Wildman–Crippen LogP) is 4.02. The highest BCUT2D eigenvalue weighted by atomic mass is 16.5. The molecule has 0 saturated heterocycles. The Hall–Kier alpha value is -1.90. The molecule has 0 amide bonds. The fraction of sp³-hybridized carbons (Fsp3) is 0.474. The highest BCUT2D eigenvalue weighted by Crippen LogP contribution is 2.41. The number of ether oxygens (including phenoxy) is 1. The summed E-state index contributed by atoms with van der Waals surface area (Å²) in [6.45, 7) is 6.54. The highest BCUT2D eigenvalue weighted by molar-refractivity contribution is 5.98. The molecule has 0 aromatic heterocycles. The molecule has 0 saturated carbocycles. The maximum atomic E-state index is 12.0. The first-order chi connectivity index (χ1) is 10.4. The normalized spacial score (nSPS) is 22.4. The molecule has 1 heterocycles. The molecule has 22 heavy (non-hydrogen) atoms. The van der Waals surface area contributed by atoms with Gasteiger partial charge in [-0.15, -0.1) is 0 Å². The van der Waals surface area contributed by atoms with Gasteiger partial charge in [0.1, 0.15) is 0 Å². The summed E-state index contributed by atoms with van der Waals surface area (Å²) in [5, 5.41) is 0. The topological polar surface area (TPSA) is 43.4 Å². The van der Waals surface area contributed by atoms with E-state index < -0.39 is 0 Å². The molecule has 1 aromatic carbocycles. The first-order valence-corrected chi connectivity index (χ1v) is 7.93. The van der Waals surface area contributed by atoms with Crippen LogP contribution in [0.2, 0.25) is 0 Å². The van der Waals surface area contributed by atoms with E-state index in [1.807, 2.05) is 0 Å². The summed E-state index contributed by atoms with van der Waals surface area (Å²) in [6.07, 6.45) is 2.52. The van der Waals surface area contributed by atoms with Crippen molar-refractivity contribution in [2.24, 2.45) is 0 Å². The minimum atomic E-state index is -0.293. The molecule has 3 nitrogen and oxygen atoms in total. The third-order valence-electron chi connectivity index (χ3n) is 4.58. The van der Waals surface area contributed by atoms with Crippen LogP contribution in [0, 0.1) is 0 Å². The molecule has 1 aliphatic carbocycles. The lowest BCUT2D eigenvalue weighted by Gasteiger charge is -2.30. The SMILES string of the molecule is CC(C)(C)c1ccc([C@H]2CC(=O)OC3=C2CCCC3=O)cc1. The zero-order valence-corrected chi connectivity index (χ0v) is 13.4. The summed E-state index contributed by atoms with van der Waals surface area (Å²) in [4.78, 5) is 23.9. The van der Waals surface area contributed by atoms with E-state index in [0.717, 1.165) is 24.0 Å². The average molecular weight is 298 g/mol. The smallest absolute Gasteiger partial charge is 0.312 e. The minimum absolute atomic E-state index is 0.00508. The van der Waals surface area contributed by atoms with Crippen molar-refractivity contribution < 1.29 is 14.3 Å². The van der Waals surface area contributed by atoms with E-state index >= 15 is 0 Å². The third kappa shape index (κ3) is 2.72. The zero-order chi connectivity index (χ0) is 15.9. The van der Waals surface area contributed by atoms with Crippen LogP contribution >= 0.6 is 0 Å². The van der Waals surface area contributed by atoms with E-state index in [-0.39, 0.29) is 23.1 Å². The Bertz CT molecular complexity index is 644. The Morgan fingerprint density at radius 3 is 2.36 bits per heavy atom. The van der Waals surface area contributed by atoms with Gasteiger partial charge in [-0.2, -0.15) is 0 Å². The number of rotatable bonds is 1. The summed E-state index contributed by atoms with van der Waals surface area (Å²) in [5.74, 6) is 0.00595. The van der Waals surface area contributed by atoms with E-state index in [9.17, 15) is 9.59 Å². The van der Waals surface area contributed by atoms with Crippen LogP contribution in [0.3, 0.4) is 0 Å². The third-order valence-corrected chi connectivity index (χ3v) is 4.58. The number of allylic oxidation sites excluding steroid dienone is 2. The first kappa shape index (κ1) is 15.0. The van der Waals surface area contributed by atoms with E-state index in [2.05, 4.69) is 45.0 Å². The molecule has 0 N–H and O–H groups in total. The number of benzene rings is 1. The summed E-state index contributed by atoms with van der Waals surface area (Å²) in [7, 11) is 0. The maximum Gasteiger partial charge on any atom is 0.312 e. The molecule has 1 aromatic rings. The first-order valence-electron chi connectivity index (χ1n) is 7.93. The van der Waals surface area contributed by atoms with E-state index in [4.69, 9.17) is 4.74 Å². The molecule has 0 fully saturated rings. The van der Waals surface area contributed by atoms with Gasteiger partial charge in [0.15, 0.2) is 11.5 Å². The van der Waals surface area contributed by atoms with Crippen molar-refractivity contribution in [3.63, 3.8) is 0 Å². The molecule has 116 valence electrons. The van der Waals surface area contributed by atoms with Gasteiger partial charge in [-0.3, -0.25) is 9.59 Å². The Kier molecular flexibility index (Phi) is 3.67. The van der Waals surface area contributed by atoms with Crippen LogP contribution in [0.4, 0.5) is 0 Å². The van der Waals surface area contributed by atoms with Gasteiger partial charge < -0.3 is 4.74 Å². The van der Waals surface area contributed by atoms with Gasteiger partial charge in [-0.05, 0) is 35.0 Å². The van der Waals surface area contributed by atoms with Gasteiger partial charge >= 0.3 is 5.97 Å². The van der Waals surface area contributed by atoms with Crippen LogP contribution in [0.15, 0.2) is 35.6 Å². The van der Waals surface area contributed by atoms with Crippen LogP contribution in [0.5, 0.6) is 0 Å². The molecule has 2 aliphatic rings. The van der Waals surface area contributed by atoms with Crippen LogP contribution < -0.4 is 0 Å². The van der Waals surface area contributed by atoms with Gasteiger partial charge in [-0.25, -0.2) is 0 Å². The summed E-state index contributed by atoms with van der Waals surface area (Å²) in [5.41, 5.74) is 3.49. The van der Waals surface area contributed by atoms with Gasteiger partial charge in [-0.1, -0.05) is 45.0 Å². The quantitative estimate of drug-likeness (QED) is 0.735. The highest BCUT2D eigenvalue weighted by Gasteiger charge is 2.35. The average Bonchev–Trinajstić information content (AvgIpc) is 2.47. The summed E-state index contributed by atoms with van der Waals surface area (Å²) in [6, 6.07) is 8.43. The summed E-state index contributed by atoms with van der Waals surface area (Å²) < 4.78 is 5.22. The molecule has 0 radical (unpaired) electrons. The van der Waals surface area contributed by atoms with Gasteiger partial charge in [0.25, 0.3) is 0 Å². The standard InChI is InChI=1S/C19H22O3/c1-19(2,3)13-9-7-12(8-10-13)15-11-17(21)22-18-14(15)5-4-6-16(18)20/h7-10,15H,4-6,11H2,1-3H3/t15-/m1/s1. The second-order valence-electron chi connectivity index (χ2n) is 7.23. The summed E-state index contributed by atoms with van der Waals surface area (Å²) >= 11 is 0. The second-order valence-corrected chi connectivity index (χ2v) is 7.23. The Morgan fingerprint density at radius 1 is 1.05 bits per heavy atom.